The molecule has 0 aromatic heterocycles. The van der Waals surface area contributed by atoms with Crippen molar-refractivity contribution in [1.29, 1.82) is 0 Å². The van der Waals surface area contributed by atoms with Gasteiger partial charge in [0, 0.05) is 39.3 Å². The van der Waals surface area contributed by atoms with Crippen molar-refractivity contribution in [1.82, 2.24) is 9.80 Å². The highest BCUT2D eigenvalue weighted by Gasteiger charge is 2.27. The molecule has 1 amide bonds. The number of carbonyl (C=O) groups excluding carboxylic acids is 1. The maximum absolute atomic E-state index is 11.9. The van der Waals surface area contributed by atoms with Crippen LogP contribution in [0, 0.1) is 0 Å². The third-order valence-electron chi connectivity index (χ3n) is 3.71. The molecule has 0 atom stereocenters. The summed E-state index contributed by atoms with van der Waals surface area (Å²) in [7, 11) is 5.51. The van der Waals surface area contributed by atoms with E-state index >= 15 is 0 Å². The lowest BCUT2D eigenvalue weighted by Crippen LogP contribution is -2.35. The molecular formula is C16H24N4O. The van der Waals surface area contributed by atoms with Crippen LogP contribution in [0.2, 0.25) is 0 Å². The number of aliphatic imine (C=N–C) groups is 1. The van der Waals surface area contributed by atoms with Crippen LogP contribution in [0.1, 0.15) is 28.8 Å². The summed E-state index contributed by atoms with van der Waals surface area (Å²) in [4.78, 5) is 20.0. The Balaban J connectivity index is 1.92. The molecule has 0 spiro atoms. The Hall–Kier alpha value is -2.04. The van der Waals surface area contributed by atoms with Crippen molar-refractivity contribution in [2.24, 2.45) is 10.7 Å². The number of guanidine groups is 1. The SMILES string of the molecule is CN(C)C(=O)c1cccc(CCN=C(N)N(C)C2CC2)c1. The Bertz CT molecular complexity index is 535. The Morgan fingerprint density at radius 3 is 2.67 bits per heavy atom. The van der Waals surface area contributed by atoms with E-state index in [1.54, 1.807) is 19.0 Å². The minimum Gasteiger partial charge on any atom is -0.370 e. The third kappa shape index (κ3) is 4.21. The molecule has 0 radical (unpaired) electrons. The monoisotopic (exact) mass is 288 g/mol. The standard InChI is InChI=1S/C16H24N4O/c1-19(2)15(21)13-6-4-5-12(11-13)9-10-18-16(17)20(3)14-7-8-14/h4-6,11,14H,7-10H2,1-3H3,(H2,17,18). The van der Waals surface area contributed by atoms with Crippen molar-refractivity contribution >= 4 is 11.9 Å². The van der Waals surface area contributed by atoms with E-state index in [2.05, 4.69) is 4.99 Å². The summed E-state index contributed by atoms with van der Waals surface area (Å²) in [6.07, 6.45) is 3.20. The van der Waals surface area contributed by atoms with E-state index in [0.29, 0.717) is 24.1 Å². The van der Waals surface area contributed by atoms with Gasteiger partial charge in [-0.25, -0.2) is 0 Å². The second-order valence-corrected chi connectivity index (χ2v) is 5.73. The smallest absolute Gasteiger partial charge is 0.253 e. The lowest BCUT2D eigenvalue weighted by Gasteiger charge is -2.16. The number of benzene rings is 1. The van der Waals surface area contributed by atoms with Crippen LogP contribution in [0.25, 0.3) is 0 Å². The first-order valence-corrected chi connectivity index (χ1v) is 7.32. The first-order chi connectivity index (χ1) is 9.99. The highest BCUT2D eigenvalue weighted by atomic mass is 16.2. The molecule has 1 aromatic rings. The van der Waals surface area contributed by atoms with Crippen molar-refractivity contribution in [3.8, 4) is 0 Å². The van der Waals surface area contributed by atoms with Crippen LogP contribution >= 0.6 is 0 Å². The zero-order valence-corrected chi connectivity index (χ0v) is 13.0. The first-order valence-electron chi connectivity index (χ1n) is 7.32. The van der Waals surface area contributed by atoms with Crippen LogP contribution in [0.5, 0.6) is 0 Å². The lowest BCUT2D eigenvalue weighted by atomic mass is 10.1. The van der Waals surface area contributed by atoms with Crippen LogP contribution in [-0.4, -0.2) is 55.4 Å². The predicted molar refractivity (Wildman–Crippen MR) is 85.4 cm³/mol. The average molecular weight is 288 g/mol. The minimum atomic E-state index is 0.0216. The molecule has 21 heavy (non-hydrogen) atoms. The number of nitrogens with zero attached hydrogens (tertiary/aromatic N) is 3. The highest BCUT2D eigenvalue weighted by Crippen LogP contribution is 2.24. The van der Waals surface area contributed by atoms with Gasteiger partial charge in [0.05, 0.1) is 0 Å². The van der Waals surface area contributed by atoms with Gasteiger partial charge in [0.2, 0.25) is 0 Å². The summed E-state index contributed by atoms with van der Waals surface area (Å²) < 4.78 is 0. The molecule has 1 aliphatic rings. The molecule has 5 heteroatoms. The minimum absolute atomic E-state index is 0.0216. The second kappa shape index (κ2) is 6.61. The topological polar surface area (TPSA) is 61.9 Å². The number of rotatable bonds is 5. The summed E-state index contributed by atoms with van der Waals surface area (Å²) in [5, 5.41) is 0. The molecule has 0 unspecified atom stereocenters. The molecule has 0 bridgehead atoms. The van der Waals surface area contributed by atoms with Gasteiger partial charge in [-0.2, -0.15) is 0 Å². The fraction of sp³-hybridized carbons (Fsp3) is 0.500. The highest BCUT2D eigenvalue weighted by molar-refractivity contribution is 5.94. The van der Waals surface area contributed by atoms with E-state index in [-0.39, 0.29) is 5.91 Å². The fourth-order valence-corrected chi connectivity index (χ4v) is 2.18. The second-order valence-electron chi connectivity index (χ2n) is 5.73. The number of carbonyl (C=O) groups is 1. The largest absolute Gasteiger partial charge is 0.370 e. The zero-order valence-electron chi connectivity index (χ0n) is 13.0. The molecule has 2 rings (SSSR count). The molecule has 0 heterocycles. The Morgan fingerprint density at radius 2 is 2.05 bits per heavy atom. The molecule has 5 nitrogen and oxygen atoms in total. The van der Waals surface area contributed by atoms with Crippen molar-refractivity contribution in [2.45, 2.75) is 25.3 Å². The van der Waals surface area contributed by atoms with Crippen LogP contribution in [-0.2, 0) is 6.42 Å². The van der Waals surface area contributed by atoms with E-state index < -0.39 is 0 Å². The van der Waals surface area contributed by atoms with Gasteiger partial charge in [-0.15, -0.1) is 0 Å². The van der Waals surface area contributed by atoms with Crippen molar-refractivity contribution in [3.05, 3.63) is 35.4 Å². The van der Waals surface area contributed by atoms with Gasteiger partial charge in [0.15, 0.2) is 5.96 Å². The van der Waals surface area contributed by atoms with Gasteiger partial charge in [-0.1, -0.05) is 12.1 Å². The normalized spacial score (nSPS) is 14.9. The number of nitrogens with two attached hydrogens (primary N) is 1. The van der Waals surface area contributed by atoms with Crippen LogP contribution < -0.4 is 5.73 Å². The quantitative estimate of drug-likeness (QED) is 0.657. The van der Waals surface area contributed by atoms with Crippen molar-refractivity contribution in [3.63, 3.8) is 0 Å². The van der Waals surface area contributed by atoms with Gasteiger partial charge >= 0.3 is 0 Å². The molecule has 1 saturated carbocycles. The lowest BCUT2D eigenvalue weighted by molar-refractivity contribution is 0.0827. The predicted octanol–water partition coefficient (Wildman–Crippen LogP) is 1.34. The molecule has 1 aliphatic carbocycles. The van der Waals surface area contributed by atoms with Gasteiger partial charge in [0.25, 0.3) is 5.91 Å². The molecule has 0 aliphatic heterocycles. The summed E-state index contributed by atoms with van der Waals surface area (Å²) in [5.74, 6) is 0.631. The van der Waals surface area contributed by atoms with E-state index in [4.69, 9.17) is 5.73 Å². The summed E-state index contributed by atoms with van der Waals surface area (Å²) in [5.41, 5.74) is 7.77. The van der Waals surface area contributed by atoms with Gasteiger partial charge in [-0.3, -0.25) is 9.79 Å². The maximum atomic E-state index is 11.9. The average Bonchev–Trinajstić information content (AvgIpc) is 3.30. The van der Waals surface area contributed by atoms with E-state index in [9.17, 15) is 4.79 Å². The Labute approximate surface area is 126 Å². The zero-order chi connectivity index (χ0) is 15.4. The van der Waals surface area contributed by atoms with Crippen LogP contribution in [0.4, 0.5) is 0 Å². The number of hydrogen-bond acceptors (Lipinski definition) is 2. The van der Waals surface area contributed by atoms with E-state index in [1.807, 2.05) is 36.2 Å². The summed E-state index contributed by atoms with van der Waals surface area (Å²) in [6.45, 7) is 0.641. The molecular weight excluding hydrogens is 264 g/mol. The number of amides is 1. The number of hydrogen-bond donors (Lipinski definition) is 1. The molecule has 114 valence electrons. The summed E-state index contributed by atoms with van der Waals surface area (Å²) >= 11 is 0. The molecule has 1 aromatic carbocycles. The Kier molecular flexibility index (Phi) is 4.83. The van der Waals surface area contributed by atoms with Gasteiger partial charge < -0.3 is 15.5 Å². The summed E-state index contributed by atoms with van der Waals surface area (Å²) in [6, 6.07) is 8.27. The van der Waals surface area contributed by atoms with Crippen molar-refractivity contribution in [2.75, 3.05) is 27.7 Å². The first kappa shape index (κ1) is 15.4. The van der Waals surface area contributed by atoms with E-state index in [0.717, 1.165) is 12.0 Å². The molecule has 2 N–H and O–H groups in total. The van der Waals surface area contributed by atoms with E-state index in [1.165, 1.54) is 12.8 Å². The van der Waals surface area contributed by atoms with Crippen molar-refractivity contribution < 1.29 is 4.79 Å². The van der Waals surface area contributed by atoms with Crippen LogP contribution in [0.3, 0.4) is 0 Å². The van der Waals surface area contributed by atoms with Crippen LogP contribution in [0.15, 0.2) is 29.3 Å². The van der Waals surface area contributed by atoms with Gasteiger partial charge in [-0.05, 0) is 37.0 Å². The van der Waals surface area contributed by atoms with Gasteiger partial charge in [0.1, 0.15) is 0 Å². The third-order valence-corrected chi connectivity index (χ3v) is 3.71. The maximum Gasteiger partial charge on any atom is 0.253 e. The Morgan fingerprint density at radius 1 is 1.33 bits per heavy atom. The molecule has 1 fully saturated rings. The molecule has 0 saturated heterocycles. The fourth-order valence-electron chi connectivity index (χ4n) is 2.18.